The van der Waals surface area contributed by atoms with Gasteiger partial charge in [-0.15, -0.1) is 0 Å². The highest BCUT2D eigenvalue weighted by Crippen LogP contribution is 2.35. The highest BCUT2D eigenvalue weighted by molar-refractivity contribution is 6.14. The molecule has 0 aliphatic carbocycles. The first-order valence-electron chi connectivity index (χ1n) is 10.9. The zero-order valence-electron chi connectivity index (χ0n) is 20.0. The number of nitrogens with zero attached hydrogens (tertiary/aromatic N) is 3. The van der Waals surface area contributed by atoms with Gasteiger partial charge in [0.15, 0.2) is 11.5 Å². The zero-order valence-corrected chi connectivity index (χ0v) is 20.0. The predicted molar refractivity (Wildman–Crippen MR) is 131 cm³/mol. The van der Waals surface area contributed by atoms with E-state index < -0.39 is 0 Å². The summed E-state index contributed by atoms with van der Waals surface area (Å²) < 4.78 is 16.2. The maximum atomic E-state index is 12.6. The van der Waals surface area contributed by atoms with Gasteiger partial charge in [-0.3, -0.25) is 0 Å². The lowest BCUT2D eigenvalue weighted by molar-refractivity contribution is 0.184. The molecule has 2 heterocycles. The van der Waals surface area contributed by atoms with E-state index in [1.54, 1.807) is 34.6 Å². The highest BCUT2D eigenvalue weighted by atomic mass is 16.5. The van der Waals surface area contributed by atoms with Gasteiger partial charge in [0.25, 0.3) is 0 Å². The van der Waals surface area contributed by atoms with E-state index in [1.165, 1.54) is 5.01 Å². The van der Waals surface area contributed by atoms with Crippen LogP contribution in [0.1, 0.15) is 23.6 Å². The number of aromatic nitrogens is 1. The molecule has 1 aromatic heterocycles. The molecule has 0 saturated heterocycles. The number of fused-ring (bicyclic) bond motifs is 1. The fraction of sp³-hybridized carbons (Fsp3) is 0.269. The Morgan fingerprint density at radius 3 is 2.18 bits per heavy atom. The number of hydrazone groups is 1. The maximum Gasteiger partial charge on any atom is 0.337 e. The van der Waals surface area contributed by atoms with Crippen LogP contribution >= 0.6 is 0 Å². The van der Waals surface area contributed by atoms with Crippen LogP contribution in [0.25, 0.3) is 11.1 Å². The third-order valence-electron chi connectivity index (χ3n) is 5.86. The smallest absolute Gasteiger partial charge is 0.337 e. The van der Waals surface area contributed by atoms with E-state index >= 15 is 0 Å². The first-order valence-corrected chi connectivity index (χ1v) is 10.9. The van der Waals surface area contributed by atoms with E-state index in [4.69, 9.17) is 19.3 Å². The summed E-state index contributed by atoms with van der Waals surface area (Å²) in [5, 5.41) is 8.99. The normalized spacial score (nSPS) is 15.0. The molecule has 176 valence electrons. The molecule has 2 amide bonds. The molecule has 1 unspecified atom stereocenters. The summed E-state index contributed by atoms with van der Waals surface area (Å²) in [6.07, 6.45) is 2.39. The van der Waals surface area contributed by atoms with E-state index in [0.717, 1.165) is 27.8 Å². The van der Waals surface area contributed by atoms with Gasteiger partial charge in [0, 0.05) is 36.0 Å². The minimum absolute atomic E-state index is 0.154. The second-order valence-corrected chi connectivity index (χ2v) is 7.93. The number of hydrogen-bond donors (Lipinski definition) is 1. The van der Waals surface area contributed by atoms with E-state index in [2.05, 4.69) is 10.3 Å². The fourth-order valence-electron chi connectivity index (χ4n) is 4.04. The largest absolute Gasteiger partial charge is 0.493 e. The number of nitrogens with one attached hydrogen (secondary N) is 1. The van der Waals surface area contributed by atoms with E-state index in [9.17, 15) is 4.79 Å². The molecule has 34 heavy (non-hydrogen) atoms. The van der Waals surface area contributed by atoms with Gasteiger partial charge in [0.2, 0.25) is 5.88 Å². The molecule has 3 aromatic rings. The Balaban J connectivity index is 1.82. The van der Waals surface area contributed by atoms with Crippen LogP contribution in [-0.2, 0) is 6.42 Å². The van der Waals surface area contributed by atoms with Gasteiger partial charge in [-0.1, -0.05) is 24.3 Å². The second-order valence-electron chi connectivity index (χ2n) is 7.93. The number of amides is 2. The standard InChI is InChI=1S/C26H28N4O4/c1-16-12-20-13-22(32-3)23(33-4)14-21(20)25(29-30(16)26(31)27-2)18-8-6-17(7-9-18)19-10-11-24(34-5)28-15-19/h6-11,13-16H,12H2,1-5H3,(H,27,31). The van der Waals surface area contributed by atoms with Crippen molar-refractivity contribution in [3.8, 4) is 28.5 Å². The molecule has 0 fully saturated rings. The van der Waals surface area contributed by atoms with Crippen molar-refractivity contribution in [3.63, 3.8) is 0 Å². The number of methoxy groups -OCH3 is 3. The van der Waals surface area contributed by atoms with Gasteiger partial charge >= 0.3 is 6.03 Å². The van der Waals surface area contributed by atoms with Crippen LogP contribution in [0.5, 0.6) is 17.4 Å². The van der Waals surface area contributed by atoms with Crippen molar-refractivity contribution in [3.05, 3.63) is 71.4 Å². The quantitative estimate of drug-likeness (QED) is 0.619. The summed E-state index contributed by atoms with van der Waals surface area (Å²) in [7, 11) is 6.42. The molecule has 1 N–H and O–H groups in total. The zero-order chi connectivity index (χ0) is 24.2. The van der Waals surface area contributed by atoms with Gasteiger partial charge in [-0.05, 0) is 42.7 Å². The minimum atomic E-state index is -0.266. The summed E-state index contributed by atoms with van der Waals surface area (Å²) in [6.45, 7) is 1.97. The number of carbonyl (C=O) groups is 1. The predicted octanol–water partition coefficient (Wildman–Crippen LogP) is 4.11. The third kappa shape index (κ3) is 4.39. The van der Waals surface area contributed by atoms with E-state index in [0.29, 0.717) is 29.5 Å². The topological polar surface area (TPSA) is 85.3 Å². The Labute approximate surface area is 199 Å². The van der Waals surface area contributed by atoms with Crippen LogP contribution in [-0.4, -0.2) is 56.2 Å². The second kappa shape index (κ2) is 9.82. The average Bonchev–Trinajstić information content (AvgIpc) is 3.03. The molecule has 0 saturated carbocycles. The van der Waals surface area contributed by atoms with Gasteiger partial charge in [-0.25, -0.2) is 14.8 Å². The van der Waals surface area contributed by atoms with Crippen molar-refractivity contribution >= 4 is 11.7 Å². The van der Waals surface area contributed by atoms with Crippen LogP contribution in [0.3, 0.4) is 0 Å². The number of benzene rings is 2. The van der Waals surface area contributed by atoms with E-state index in [-0.39, 0.29) is 12.1 Å². The van der Waals surface area contributed by atoms with Crippen molar-refractivity contribution in [1.82, 2.24) is 15.3 Å². The van der Waals surface area contributed by atoms with Crippen LogP contribution in [0.2, 0.25) is 0 Å². The Morgan fingerprint density at radius 2 is 1.59 bits per heavy atom. The number of ether oxygens (including phenoxy) is 3. The Hall–Kier alpha value is -4.07. The molecule has 4 rings (SSSR count). The summed E-state index contributed by atoms with van der Waals surface area (Å²) in [5.41, 5.74) is 5.47. The van der Waals surface area contributed by atoms with Crippen molar-refractivity contribution in [2.45, 2.75) is 19.4 Å². The van der Waals surface area contributed by atoms with E-state index in [1.807, 2.05) is 55.5 Å². The number of urea groups is 1. The van der Waals surface area contributed by atoms with Gasteiger partial charge in [0.05, 0.1) is 33.1 Å². The first kappa shape index (κ1) is 23.1. The molecule has 8 nitrogen and oxygen atoms in total. The molecule has 2 aromatic carbocycles. The number of carbonyl (C=O) groups excluding carboxylic acids is 1. The van der Waals surface area contributed by atoms with Gasteiger partial charge in [-0.2, -0.15) is 5.10 Å². The lowest BCUT2D eigenvalue weighted by Gasteiger charge is -2.22. The van der Waals surface area contributed by atoms with Crippen LogP contribution < -0.4 is 19.5 Å². The lowest BCUT2D eigenvalue weighted by Crippen LogP contribution is -2.41. The summed E-state index contributed by atoms with van der Waals surface area (Å²) in [5.74, 6) is 1.82. The first-order chi connectivity index (χ1) is 16.5. The van der Waals surface area contributed by atoms with Gasteiger partial charge < -0.3 is 19.5 Å². The van der Waals surface area contributed by atoms with Crippen molar-refractivity contribution in [2.24, 2.45) is 5.10 Å². The highest BCUT2D eigenvalue weighted by Gasteiger charge is 2.28. The molecular weight excluding hydrogens is 432 g/mol. The summed E-state index contributed by atoms with van der Waals surface area (Å²) >= 11 is 0. The molecule has 0 bridgehead atoms. The fourth-order valence-corrected chi connectivity index (χ4v) is 4.04. The van der Waals surface area contributed by atoms with Crippen LogP contribution in [0.4, 0.5) is 4.79 Å². The Kier molecular flexibility index (Phi) is 6.67. The Morgan fingerprint density at radius 1 is 0.941 bits per heavy atom. The summed E-state index contributed by atoms with van der Waals surface area (Å²) in [6, 6.07) is 15.3. The summed E-state index contributed by atoms with van der Waals surface area (Å²) in [4.78, 5) is 16.9. The molecule has 1 aliphatic heterocycles. The maximum absolute atomic E-state index is 12.6. The Bertz CT molecular complexity index is 1210. The number of hydrogen-bond acceptors (Lipinski definition) is 6. The van der Waals surface area contributed by atoms with Crippen molar-refractivity contribution in [2.75, 3.05) is 28.4 Å². The van der Waals surface area contributed by atoms with Crippen molar-refractivity contribution < 1.29 is 19.0 Å². The molecule has 1 atom stereocenters. The molecule has 8 heteroatoms. The lowest BCUT2D eigenvalue weighted by atomic mass is 9.93. The van der Waals surface area contributed by atoms with Crippen LogP contribution in [0, 0.1) is 0 Å². The number of pyridine rings is 1. The minimum Gasteiger partial charge on any atom is -0.493 e. The monoisotopic (exact) mass is 460 g/mol. The third-order valence-corrected chi connectivity index (χ3v) is 5.86. The molecular formula is C26H28N4O4. The van der Waals surface area contributed by atoms with Gasteiger partial charge in [0.1, 0.15) is 0 Å². The molecule has 1 aliphatic rings. The molecule has 0 spiro atoms. The average molecular weight is 461 g/mol. The number of rotatable bonds is 5. The SMILES string of the molecule is CNC(=O)N1N=C(c2ccc(-c3ccc(OC)nc3)cc2)c2cc(OC)c(OC)cc2CC1C. The van der Waals surface area contributed by atoms with Crippen molar-refractivity contribution in [1.29, 1.82) is 0 Å². The van der Waals surface area contributed by atoms with Crippen LogP contribution in [0.15, 0.2) is 59.8 Å². The molecule has 0 radical (unpaired) electrons.